The molecule has 138 valence electrons. The SMILES string of the molecule is Cc1nnnn1-c1ccc(CC(=O)N[C@H]2[C@H]3CCO[C@H]3[C@@H]2N(C)C)cc1. The van der Waals surface area contributed by atoms with E-state index in [1.807, 2.05) is 45.3 Å². The number of nitrogens with one attached hydrogen (secondary N) is 1. The standard InChI is InChI=1S/C18H24N6O2/c1-11-20-21-22-24(11)13-6-4-12(5-7-13)10-15(25)19-16-14-8-9-26-18(14)17(16)23(2)3/h4-7,14,16-18H,8-10H2,1-3H3,(H,19,25)/t14-,16+,17-,18-/m1/s1. The molecule has 2 aliphatic rings. The van der Waals surface area contributed by atoms with Crippen LogP contribution in [0.15, 0.2) is 24.3 Å². The van der Waals surface area contributed by atoms with Crippen LogP contribution in [0.1, 0.15) is 17.8 Å². The van der Waals surface area contributed by atoms with Crippen molar-refractivity contribution in [2.24, 2.45) is 5.92 Å². The van der Waals surface area contributed by atoms with E-state index in [2.05, 4.69) is 25.7 Å². The quantitative estimate of drug-likeness (QED) is 0.832. The maximum Gasteiger partial charge on any atom is 0.224 e. The molecule has 1 aliphatic carbocycles. The second-order valence-corrected chi connectivity index (χ2v) is 7.32. The fourth-order valence-electron chi connectivity index (χ4n) is 4.13. The Hall–Kier alpha value is -2.32. The highest BCUT2D eigenvalue weighted by Gasteiger charge is 2.55. The average molecular weight is 356 g/mol. The third-order valence-corrected chi connectivity index (χ3v) is 5.44. The number of rotatable bonds is 5. The van der Waals surface area contributed by atoms with Crippen LogP contribution in [0.4, 0.5) is 0 Å². The lowest BCUT2D eigenvalue weighted by atomic mass is 9.71. The van der Waals surface area contributed by atoms with Gasteiger partial charge < -0.3 is 15.0 Å². The van der Waals surface area contributed by atoms with Crippen LogP contribution in [0.25, 0.3) is 5.69 Å². The Kier molecular flexibility index (Phi) is 4.46. The smallest absolute Gasteiger partial charge is 0.224 e. The maximum atomic E-state index is 12.5. The van der Waals surface area contributed by atoms with Crippen LogP contribution in [0.5, 0.6) is 0 Å². The van der Waals surface area contributed by atoms with Gasteiger partial charge in [-0.3, -0.25) is 4.79 Å². The molecule has 2 fully saturated rings. The summed E-state index contributed by atoms with van der Waals surface area (Å²) in [5.41, 5.74) is 1.85. The molecule has 4 rings (SSSR count). The van der Waals surface area contributed by atoms with Gasteiger partial charge in [0, 0.05) is 12.5 Å². The van der Waals surface area contributed by atoms with Gasteiger partial charge in [0.05, 0.1) is 30.3 Å². The van der Waals surface area contributed by atoms with Crippen LogP contribution in [-0.4, -0.2) is 69.9 Å². The van der Waals surface area contributed by atoms with E-state index < -0.39 is 0 Å². The highest BCUT2D eigenvalue weighted by molar-refractivity contribution is 5.79. The van der Waals surface area contributed by atoms with E-state index in [4.69, 9.17) is 4.74 Å². The monoisotopic (exact) mass is 356 g/mol. The molecule has 8 nitrogen and oxygen atoms in total. The van der Waals surface area contributed by atoms with Crippen molar-refractivity contribution in [3.05, 3.63) is 35.7 Å². The summed E-state index contributed by atoms with van der Waals surface area (Å²) in [5, 5.41) is 14.7. The minimum absolute atomic E-state index is 0.0542. The zero-order valence-corrected chi connectivity index (χ0v) is 15.3. The number of aromatic nitrogens is 4. The molecule has 1 aromatic carbocycles. The van der Waals surface area contributed by atoms with Crippen molar-refractivity contribution in [3.8, 4) is 5.69 Å². The molecule has 1 saturated carbocycles. The Morgan fingerprint density at radius 2 is 2.12 bits per heavy atom. The molecule has 2 heterocycles. The van der Waals surface area contributed by atoms with Gasteiger partial charge in [-0.05, 0) is 55.6 Å². The van der Waals surface area contributed by atoms with E-state index in [9.17, 15) is 4.79 Å². The molecule has 1 amide bonds. The van der Waals surface area contributed by atoms with Crippen molar-refractivity contribution in [1.82, 2.24) is 30.4 Å². The number of hydrogen-bond acceptors (Lipinski definition) is 6. The molecule has 0 bridgehead atoms. The molecule has 4 atom stereocenters. The van der Waals surface area contributed by atoms with Gasteiger partial charge in [0.2, 0.25) is 5.91 Å². The number of carbonyl (C=O) groups is 1. The molecule has 0 radical (unpaired) electrons. The van der Waals surface area contributed by atoms with Gasteiger partial charge in [0.1, 0.15) is 0 Å². The highest BCUT2D eigenvalue weighted by Crippen LogP contribution is 2.41. The van der Waals surface area contributed by atoms with Crippen LogP contribution in [0, 0.1) is 12.8 Å². The lowest BCUT2D eigenvalue weighted by Gasteiger charge is -2.50. The van der Waals surface area contributed by atoms with E-state index in [-0.39, 0.29) is 24.1 Å². The molecule has 2 aromatic rings. The number of ether oxygens (including phenoxy) is 1. The van der Waals surface area contributed by atoms with Crippen LogP contribution in [0.3, 0.4) is 0 Å². The third-order valence-electron chi connectivity index (χ3n) is 5.44. The number of amides is 1. The molecule has 1 aromatic heterocycles. The number of tetrazole rings is 1. The molecular weight excluding hydrogens is 332 g/mol. The summed E-state index contributed by atoms with van der Waals surface area (Å²) in [6.07, 6.45) is 1.65. The van der Waals surface area contributed by atoms with E-state index in [1.165, 1.54) is 0 Å². The zero-order valence-electron chi connectivity index (χ0n) is 15.3. The first-order valence-electron chi connectivity index (χ1n) is 8.96. The third kappa shape index (κ3) is 2.99. The maximum absolute atomic E-state index is 12.5. The van der Waals surface area contributed by atoms with Crippen LogP contribution < -0.4 is 5.32 Å². The number of carbonyl (C=O) groups excluding carboxylic acids is 1. The van der Waals surface area contributed by atoms with Gasteiger partial charge in [0.25, 0.3) is 0 Å². The Labute approximate surface area is 152 Å². The second kappa shape index (κ2) is 6.77. The average Bonchev–Trinajstić information content (AvgIpc) is 3.20. The summed E-state index contributed by atoms with van der Waals surface area (Å²) in [7, 11) is 4.09. The molecular formula is C18H24N6O2. The van der Waals surface area contributed by atoms with Gasteiger partial charge in [-0.15, -0.1) is 5.10 Å². The fraction of sp³-hybridized carbons (Fsp3) is 0.556. The topological polar surface area (TPSA) is 85.2 Å². The summed E-state index contributed by atoms with van der Waals surface area (Å²) in [4.78, 5) is 14.7. The predicted molar refractivity (Wildman–Crippen MR) is 94.8 cm³/mol. The molecule has 1 N–H and O–H groups in total. The van der Waals surface area contributed by atoms with Crippen molar-refractivity contribution in [1.29, 1.82) is 0 Å². The molecule has 1 saturated heterocycles. The number of hydrogen-bond donors (Lipinski definition) is 1. The lowest BCUT2D eigenvalue weighted by molar-refractivity contribution is -0.127. The molecule has 0 unspecified atom stereocenters. The Bertz CT molecular complexity index is 787. The van der Waals surface area contributed by atoms with Crippen LogP contribution >= 0.6 is 0 Å². The summed E-state index contributed by atoms with van der Waals surface area (Å²) in [5.74, 6) is 1.22. The second-order valence-electron chi connectivity index (χ2n) is 7.32. The number of fused-ring (bicyclic) bond motifs is 1. The molecule has 1 aliphatic heterocycles. The first-order valence-corrected chi connectivity index (χ1v) is 8.96. The van der Waals surface area contributed by atoms with E-state index in [1.54, 1.807) is 4.68 Å². The summed E-state index contributed by atoms with van der Waals surface area (Å²) >= 11 is 0. The normalized spacial score (nSPS) is 27.2. The lowest BCUT2D eigenvalue weighted by Crippen LogP contribution is -2.69. The van der Waals surface area contributed by atoms with Gasteiger partial charge in [0.15, 0.2) is 5.82 Å². The van der Waals surface area contributed by atoms with Crippen molar-refractivity contribution in [3.63, 3.8) is 0 Å². The number of aryl methyl sites for hydroxylation is 1. The molecule has 26 heavy (non-hydrogen) atoms. The van der Waals surface area contributed by atoms with E-state index in [0.717, 1.165) is 30.1 Å². The summed E-state index contributed by atoms with van der Waals surface area (Å²) < 4.78 is 7.47. The zero-order chi connectivity index (χ0) is 18.3. The Morgan fingerprint density at radius 3 is 2.77 bits per heavy atom. The van der Waals surface area contributed by atoms with Crippen molar-refractivity contribution >= 4 is 5.91 Å². The van der Waals surface area contributed by atoms with Gasteiger partial charge in [-0.2, -0.15) is 4.68 Å². The first-order chi connectivity index (χ1) is 12.5. The Balaban J connectivity index is 1.38. The number of likely N-dealkylation sites (N-methyl/N-ethyl adjacent to an activating group) is 1. The Morgan fingerprint density at radius 1 is 1.35 bits per heavy atom. The summed E-state index contributed by atoms with van der Waals surface area (Å²) in [6.45, 7) is 2.64. The fourth-order valence-corrected chi connectivity index (χ4v) is 4.13. The number of benzene rings is 1. The van der Waals surface area contributed by atoms with E-state index in [0.29, 0.717) is 12.3 Å². The van der Waals surface area contributed by atoms with Crippen molar-refractivity contribution < 1.29 is 9.53 Å². The van der Waals surface area contributed by atoms with Crippen LogP contribution in [0.2, 0.25) is 0 Å². The van der Waals surface area contributed by atoms with Crippen molar-refractivity contribution in [2.75, 3.05) is 20.7 Å². The largest absolute Gasteiger partial charge is 0.376 e. The highest BCUT2D eigenvalue weighted by atomic mass is 16.5. The summed E-state index contributed by atoms with van der Waals surface area (Å²) in [6, 6.07) is 8.19. The first kappa shape index (κ1) is 17.1. The predicted octanol–water partition coefficient (Wildman–Crippen LogP) is 0.347. The molecule has 8 heteroatoms. The van der Waals surface area contributed by atoms with Crippen LogP contribution in [-0.2, 0) is 16.0 Å². The number of nitrogens with zero attached hydrogens (tertiary/aromatic N) is 5. The molecule has 0 spiro atoms. The van der Waals surface area contributed by atoms with Gasteiger partial charge in [-0.1, -0.05) is 12.1 Å². The van der Waals surface area contributed by atoms with Gasteiger partial charge >= 0.3 is 0 Å². The van der Waals surface area contributed by atoms with E-state index >= 15 is 0 Å². The minimum atomic E-state index is 0.0542. The van der Waals surface area contributed by atoms with Gasteiger partial charge in [-0.25, -0.2) is 0 Å². The van der Waals surface area contributed by atoms with Crippen molar-refractivity contribution in [2.45, 2.75) is 38.0 Å². The minimum Gasteiger partial charge on any atom is -0.376 e.